The first-order valence-electron chi connectivity index (χ1n) is 7.34. The van der Waals surface area contributed by atoms with Crippen LogP contribution in [0.25, 0.3) is 16.8 Å². The lowest BCUT2D eigenvalue weighted by Gasteiger charge is -2.16. The lowest BCUT2D eigenvalue weighted by Crippen LogP contribution is -2.19. The maximum absolute atomic E-state index is 4.81. The molecule has 0 saturated carbocycles. The Morgan fingerprint density at radius 2 is 1.90 bits per heavy atom. The topological polar surface area (TPSA) is 46.3 Å². The Morgan fingerprint density at radius 1 is 1.05 bits per heavy atom. The number of hydrogen-bond donors (Lipinski definition) is 0. The van der Waals surface area contributed by atoms with Crippen LogP contribution in [-0.2, 0) is 0 Å². The molecule has 0 spiro atoms. The summed E-state index contributed by atoms with van der Waals surface area (Å²) in [6.45, 7) is 4.18. The van der Waals surface area contributed by atoms with E-state index < -0.39 is 0 Å². The molecule has 0 amide bonds. The Labute approximate surface area is 123 Å². The highest BCUT2D eigenvalue weighted by molar-refractivity contribution is 5.77. The van der Waals surface area contributed by atoms with Gasteiger partial charge in [0.25, 0.3) is 0 Å². The lowest BCUT2D eigenvalue weighted by atomic mass is 10.1. The van der Waals surface area contributed by atoms with Gasteiger partial charge in [-0.15, -0.1) is 0 Å². The van der Waals surface area contributed by atoms with Crippen molar-refractivity contribution in [1.29, 1.82) is 0 Å². The summed E-state index contributed by atoms with van der Waals surface area (Å²) >= 11 is 0. The fourth-order valence-electron chi connectivity index (χ4n) is 2.81. The quantitative estimate of drug-likeness (QED) is 0.723. The zero-order valence-electron chi connectivity index (χ0n) is 12.0. The molecule has 0 radical (unpaired) electrons. The van der Waals surface area contributed by atoms with Crippen molar-refractivity contribution < 1.29 is 0 Å². The summed E-state index contributed by atoms with van der Waals surface area (Å²) in [6, 6.07) is 6.13. The van der Waals surface area contributed by atoms with Crippen molar-refractivity contribution in [3.63, 3.8) is 0 Å². The summed E-state index contributed by atoms with van der Waals surface area (Å²) < 4.78 is 1.83. The van der Waals surface area contributed by atoms with E-state index in [1.165, 1.54) is 12.8 Å². The molecule has 3 aromatic rings. The van der Waals surface area contributed by atoms with Crippen LogP contribution in [0.3, 0.4) is 0 Å². The third-order valence-electron chi connectivity index (χ3n) is 4.01. The van der Waals surface area contributed by atoms with Gasteiger partial charge in [0.2, 0.25) is 0 Å². The molecule has 3 aromatic heterocycles. The van der Waals surface area contributed by atoms with Gasteiger partial charge >= 0.3 is 0 Å². The minimum absolute atomic E-state index is 0.894. The maximum Gasteiger partial charge on any atom is 0.165 e. The Bertz CT molecular complexity index is 769. The van der Waals surface area contributed by atoms with Gasteiger partial charge in [-0.25, -0.2) is 9.50 Å². The van der Waals surface area contributed by atoms with E-state index in [9.17, 15) is 0 Å². The number of anilines is 1. The molecular formula is C16H17N5. The van der Waals surface area contributed by atoms with E-state index in [1.807, 2.05) is 42.2 Å². The summed E-state index contributed by atoms with van der Waals surface area (Å²) in [5, 5.41) is 4.39. The molecule has 0 bridgehead atoms. The summed E-state index contributed by atoms with van der Waals surface area (Å²) in [7, 11) is 0. The molecule has 0 atom stereocenters. The van der Waals surface area contributed by atoms with Crippen LogP contribution in [0, 0.1) is 6.92 Å². The fraction of sp³-hybridized carbons (Fsp3) is 0.312. The van der Waals surface area contributed by atoms with Gasteiger partial charge in [0.1, 0.15) is 5.82 Å². The van der Waals surface area contributed by atoms with E-state index >= 15 is 0 Å². The van der Waals surface area contributed by atoms with E-state index in [4.69, 9.17) is 4.98 Å². The molecule has 5 heteroatoms. The number of rotatable bonds is 2. The molecule has 1 aliphatic rings. The van der Waals surface area contributed by atoms with Crippen molar-refractivity contribution in [1.82, 2.24) is 19.6 Å². The van der Waals surface area contributed by atoms with E-state index in [0.29, 0.717) is 0 Å². The summed E-state index contributed by atoms with van der Waals surface area (Å²) in [4.78, 5) is 11.5. The summed E-state index contributed by atoms with van der Waals surface area (Å²) in [6.07, 6.45) is 8.24. The number of aryl methyl sites for hydroxylation is 1. The Balaban J connectivity index is 1.81. The second kappa shape index (κ2) is 4.84. The van der Waals surface area contributed by atoms with Crippen molar-refractivity contribution in [2.24, 2.45) is 0 Å². The maximum atomic E-state index is 4.81. The first-order chi connectivity index (χ1) is 10.3. The zero-order valence-corrected chi connectivity index (χ0v) is 12.0. The van der Waals surface area contributed by atoms with Crippen molar-refractivity contribution in [3.05, 3.63) is 42.5 Å². The molecular weight excluding hydrogens is 262 g/mol. The van der Waals surface area contributed by atoms with Crippen molar-refractivity contribution in [2.45, 2.75) is 19.8 Å². The highest BCUT2D eigenvalue weighted by Crippen LogP contribution is 2.25. The van der Waals surface area contributed by atoms with Crippen LogP contribution in [0.15, 0.2) is 36.8 Å². The average molecular weight is 279 g/mol. The Kier molecular flexibility index (Phi) is 2.84. The molecule has 4 heterocycles. The standard InChI is InChI=1S/C16H17N5/c1-12-4-5-13(10-17-12)14-11-18-21-9-6-15(19-16(14)21)20-7-2-3-8-20/h4-6,9-11H,2-3,7-8H2,1H3. The van der Waals surface area contributed by atoms with Gasteiger partial charge in [-0.05, 0) is 31.9 Å². The van der Waals surface area contributed by atoms with Gasteiger partial charge in [-0.2, -0.15) is 5.10 Å². The molecule has 5 nitrogen and oxygen atoms in total. The molecule has 1 aliphatic heterocycles. The van der Waals surface area contributed by atoms with Gasteiger partial charge in [-0.3, -0.25) is 4.98 Å². The Hall–Kier alpha value is -2.43. The van der Waals surface area contributed by atoms with Crippen molar-refractivity contribution >= 4 is 11.5 Å². The predicted octanol–water partition coefficient (Wildman–Crippen LogP) is 2.70. The summed E-state index contributed by atoms with van der Waals surface area (Å²) in [5.41, 5.74) is 4.00. The molecule has 4 rings (SSSR count). The van der Waals surface area contributed by atoms with Crippen molar-refractivity contribution in [3.8, 4) is 11.1 Å². The monoisotopic (exact) mass is 279 g/mol. The van der Waals surface area contributed by atoms with Gasteiger partial charge in [0.15, 0.2) is 5.65 Å². The predicted molar refractivity (Wildman–Crippen MR) is 82.4 cm³/mol. The SMILES string of the molecule is Cc1ccc(-c2cnn3ccc(N4CCCC4)nc23)cn1. The van der Waals surface area contributed by atoms with Gasteiger partial charge in [0.05, 0.1) is 6.20 Å². The van der Waals surface area contributed by atoms with E-state index in [1.54, 1.807) is 0 Å². The second-order valence-electron chi connectivity index (χ2n) is 5.49. The number of pyridine rings is 1. The minimum atomic E-state index is 0.894. The number of nitrogens with zero attached hydrogens (tertiary/aromatic N) is 5. The van der Waals surface area contributed by atoms with Crippen LogP contribution in [0.5, 0.6) is 0 Å². The average Bonchev–Trinajstić information content (AvgIpc) is 3.17. The second-order valence-corrected chi connectivity index (χ2v) is 5.49. The van der Waals surface area contributed by atoms with Crippen LogP contribution in [-0.4, -0.2) is 32.7 Å². The van der Waals surface area contributed by atoms with Gasteiger partial charge < -0.3 is 4.90 Å². The molecule has 0 unspecified atom stereocenters. The molecule has 1 fully saturated rings. The highest BCUT2D eigenvalue weighted by Gasteiger charge is 2.15. The molecule has 0 aromatic carbocycles. The Morgan fingerprint density at radius 3 is 2.67 bits per heavy atom. The molecule has 0 N–H and O–H groups in total. The zero-order chi connectivity index (χ0) is 14.2. The third-order valence-corrected chi connectivity index (χ3v) is 4.01. The molecule has 106 valence electrons. The summed E-state index contributed by atoms with van der Waals surface area (Å²) in [5.74, 6) is 1.04. The van der Waals surface area contributed by atoms with Crippen LogP contribution in [0.1, 0.15) is 18.5 Å². The van der Waals surface area contributed by atoms with Crippen LogP contribution < -0.4 is 4.90 Å². The first kappa shape index (κ1) is 12.3. The number of hydrogen-bond acceptors (Lipinski definition) is 4. The van der Waals surface area contributed by atoms with Crippen LogP contribution >= 0.6 is 0 Å². The minimum Gasteiger partial charge on any atom is -0.357 e. The van der Waals surface area contributed by atoms with Crippen LogP contribution in [0.4, 0.5) is 5.82 Å². The van der Waals surface area contributed by atoms with Crippen LogP contribution in [0.2, 0.25) is 0 Å². The van der Waals surface area contributed by atoms with Gasteiger partial charge in [-0.1, -0.05) is 6.07 Å². The smallest absolute Gasteiger partial charge is 0.165 e. The molecule has 0 aliphatic carbocycles. The molecule has 1 saturated heterocycles. The van der Waals surface area contributed by atoms with E-state index in [2.05, 4.69) is 21.0 Å². The van der Waals surface area contributed by atoms with E-state index in [0.717, 1.165) is 41.4 Å². The largest absolute Gasteiger partial charge is 0.357 e. The normalized spacial score (nSPS) is 15.0. The lowest BCUT2D eigenvalue weighted by molar-refractivity contribution is 0.899. The third kappa shape index (κ3) is 2.14. The first-order valence-corrected chi connectivity index (χ1v) is 7.34. The highest BCUT2D eigenvalue weighted by atomic mass is 15.3. The molecule has 21 heavy (non-hydrogen) atoms. The fourth-order valence-corrected chi connectivity index (χ4v) is 2.81. The van der Waals surface area contributed by atoms with E-state index in [-0.39, 0.29) is 0 Å². The van der Waals surface area contributed by atoms with Crippen molar-refractivity contribution in [2.75, 3.05) is 18.0 Å². The number of fused-ring (bicyclic) bond motifs is 1. The number of aromatic nitrogens is 4. The van der Waals surface area contributed by atoms with Gasteiger partial charge in [0, 0.05) is 42.3 Å².